The Balaban J connectivity index is 2.66. The summed E-state index contributed by atoms with van der Waals surface area (Å²) in [6, 6.07) is 12.2. The molecular weight excluding hydrogens is 158 g/mol. The van der Waals surface area contributed by atoms with Gasteiger partial charge in [0.2, 0.25) is 0 Å². The van der Waals surface area contributed by atoms with Crippen LogP contribution in [0.1, 0.15) is 18.9 Å². The summed E-state index contributed by atoms with van der Waals surface area (Å²) in [7, 11) is 0. The fourth-order valence-electron chi connectivity index (χ4n) is 1.21. The van der Waals surface area contributed by atoms with Gasteiger partial charge in [0.15, 0.2) is 0 Å². The molecule has 0 aliphatic carbocycles. The van der Waals surface area contributed by atoms with Gasteiger partial charge in [-0.25, -0.2) is 0 Å². The minimum absolute atomic E-state index is 0.0488. The van der Waals surface area contributed by atoms with Gasteiger partial charge in [-0.15, -0.1) is 0 Å². The number of allylic oxidation sites excluding steroid dienone is 1. The molecule has 1 heteroatoms. The lowest BCUT2D eigenvalue weighted by molar-refractivity contribution is 0.773. The van der Waals surface area contributed by atoms with Gasteiger partial charge in [0.05, 0.1) is 6.07 Å². The van der Waals surface area contributed by atoms with E-state index in [2.05, 4.69) is 12.6 Å². The predicted molar refractivity (Wildman–Crippen MR) is 54.9 cm³/mol. The lowest BCUT2D eigenvalue weighted by Crippen LogP contribution is -1.91. The van der Waals surface area contributed by atoms with Gasteiger partial charge in [-0.1, -0.05) is 36.9 Å². The van der Waals surface area contributed by atoms with Crippen molar-refractivity contribution in [3.8, 4) is 6.07 Å². The summed E-state index contributed by atoms with van der Waals surface area (Å²) in [6.45, 7) is 5.87. The van der Waals surface area contributed by atoms with E-state index in [1.54, 1.807) is 0 Å². The smallest absolute Gasteiger partial charge is 0.0656 e. The van der Waals surface area contributed by atoms with E-state index in [1.807, 2.05) is 37.3 Å². The highest BCUT2D eigenvalue weighted by molar-refractivity contribution is 5.63. The molecular formula is C12H13N. The zero-order valence-corrected chi connectivity index (χ0v) is 7.83. The molecule has 0 heterocycles. The molecule has 1 aromatic carbocycles. The van der Waals surface area contributed by atoms with Gasteiger partial charge in [0.25, 0.3) is 0 Å². The Morgan fingerprint density at radius 3 is 2.62 bits per heavy atom. The van der Waals surface area contributed by atoms with Crippen LogP contribution in [0.4, 0.5) is 0 Å². The van der Waals surface area contributed by atoms with Gasteiger partial charge in [-0.05, 0) is 24.5 Å². The minimum Gasteiger partial charge on any atom is -0.198 e. The standard InChI is InChI=1S/C12H13N/c1-10(9-13)8-11(2)12-6-4-3-5-7-12/h3-7,10H,2,8H2,1H3. The first-order chi connectivity index (χ1) is 6.24. The molecule has 0 saturated heterocycles. The lowest BCUT2D eigenvalue weighted by Gasteiger charge is -2.06. The summed E-state index contributed by atoms with van der Waals surface area (Å²) in [5, 5.41) is 8.64. The normalized spacial score (nSPS) is 11.7. The lowest BCUT2D eigenvalue weighted by atomic mass is 9.98. The number of benzene rings is 1. The molecule has 0 radical (unpaired) electrons. The summed E-state index contributed by atoms with van der Waals surface area (Å²) in [5.74, 6) is 0.0488. The van der Waals surface area contributed by atoms with Crippen LogP contribution >= 0.6 is 0 Å². The highest BCUT2D eigenvalue weighted by Crippen LogP contribution is 2.19. The van der Waals surface area contributed by atoms with Crippen molar-refractivity contribution in [1.82, 2.24) is 0 Å². The van der Waals surface area contributed by atoms with Crippen LogP contribution < -0.4 is 0 Å². The Bertz CT molecular complexity index is 319. The zero-order chi connectivity index (χ0) is 9.68. The Kier molecular flexibility index (Phi) is 3.28. The maximum absolute atomic E-state index is 8.64. The number of hydrogen-bond acceptors (Lipinski definition) is 1. The molecule has 0 aromatic heterocycles. The third kappa shape index (κ3) is 2.76. The largest absolute Gasteiger partial charge is 0.198 e. The molecule has 0 aliphatic rings. The second kappa shape index (κ2) is 4.47. The van der Waals surface area contributed by atoms with Crippen molar-refractivity contribution >= 4 is 5.57 Å². The van der Waals surface area contributed by atoms with Gasteiger partial charge in [0, 0.05) is 5.92 Å². The van der Waals surface area contributed by atoms with Crippen LogP contribution in [-0.4, -0.2) is 0 Å². The van der Waals surface area contributed by atoms with Gasteiger partial charge < -0.3 is 0 Å². The van der Waals surface area contributed by atoms with E-state index in [0.29, 0.717) is 0 Å². The molecule has 1 unspecified atom stereocenters. The quantitative estimate of drug-likeness (QED) is 0.684. The Hall–Kier alpha value is -1.55. The highest BCUT2D eigenvalue weighted by atomic mass is 14.3. The first-order valence-corrected chi connectivity index (χ1v) is 4.37. The van der Waals surface area contributed by atoms with Gasteiger partial charge in [0.1, 0.15) is 0 Å². The van der Waals surface area contributed by atoms with E-state index in [-0.39, 0.29) is 5.92 Å². The van der Waals surface area contributed by atoms with Crippen LogP contribution in [0.3, 0.4) is 0 Å². The second-order valence-electron chi connectivity index (χ2n) is 3.20. The summed E-state index contributed by atoms with van der Waals surface area (Å²) in [6.07, 6.45) is 0.751. The zero-order valence-electron chi connectivity index (χ0n) is 7.83. The predicted octanol–water partition coefficient (Wildman–Crippen LogP) is 3.25. The SMILES string of the molecule is C=C(CC(C)C#N)c1ccccc1. The average Bonchev–Trinajstić information content (AvgIpc) is 2.19. The van der Waals surface area contributed by atoms with Crippen LogP contribution in [0.5, 0.6) is 0 Å². The highest BCUT2D eigenvalue weighted by Gasteiger charge is 2.03. The number of nitriles is 1. The van der Waals surface area contributed by atoms with Crippen molar-refractivity contribution in [3.63, 3.8) is 0 Å². The van der Waals surface area contributed by atoms with Crippen molar-refractivity contribution in [1.29, 1.82) is 5.26 Å². The molecule has 0 spiro atoms. The molecule has 13 heavy (non-hydrogen) atoms. The monoisotopic (exact) mass is 171 g/mol. The third-order valence-corrected chi connectivity index (χ3v) is 1.96. The third-order valence-electron chi connectivity index (χ3n) is 1.96. The molecule has 1 nitrogen and oxygen atoms in total. The van der Waals surface area contributed by atoms with Crippen molar-refractivity contribution in [2.45, 2.75) is 13.3 Å². The van der Waals surface area contributed by atoms with Crippen LogP contribution in [0.2, 0.25) is 0 Å². The molecule has 0 aliphatic heterocycles. The van der Waals surface area contributed by atoms with Crippen LogP contribution in [0, 0.1) is 17.2 Å². The molecule has 66 valence electrons. The van der Waals surface area contributed by atoms with Crippen molar-refractivity contribution in [2.24, 2.45) is 5.92 Å². The second-order valence-corrected chi connectivity index (χ2v) is 3.20. The number of hydrogen-bond donors (Lipinski definition) is 0. The summed E-state index contributed by atoms with van der Waals surface area (Å²) in [4.78, 5) is 0. The van der Waals surface area contributed by atoms with Gasteiger partial charge in [-0.3, -0.25) is 0 Å². The molecule has 0 amide bonds. The molecule has 0 bridgehead atoms. The fourth-order valence-corrected chi connectivity index (χ4v) is 1.21. The van der Waals surface area contributed by atoms with Gasteiger partial charge >= 0.3 is 0 Å². The van der Waals surface area contributed by atoms with E-state index >= 15 is 0 Å². The van der Waals surface area contributed by atoms with E-state index in [9.17, 15) is 0 Å². The molecule has 0 saturated carbocycles. The van der Waals surface area contributed by atoms with Crippen molar-refractivity contribution < 1.29 is 0 Å². The van der Waals surface area contributed by atoms with E-state index < -0.39 is 0 Å². The maximum Gasteiger partial charge on any atom is 0.0656 e. The average molecular weight is 171 g/mol. The van der Waals surface area contributed by atoms with Crippen molar-refractivity contribution in [3.05, 3.63) is 42.5 Å². The van der Waals surface area contributed by atoms with Crippen LogP contribution in [0.25, 0.3) is 5.57 Å². The Morgan fingerprint density at radius 2 is 2.08 bits per heavy atom. The van der Waals surface area contributed by atoms with E-state index in [0.717, 1.165) is 17.6 Å². The van der Waals surface area contributed by atoms with Gasteiger partial charge in [-0.2, -0.15) is 5.26 Å². The summed E-state index contributed by atoms with van der Waals surface area (Å²) in [5.41, 5.74) is 2.17. The molecule has 1 rings (SSSR count). The van der Waals surface area contributed by atoms with E-state index in [4.69, 9.17) is 5.26 Å². The van der Waals surface area contributed by atoms with Crippen LogP contribution in [-0.2, 0) is 0 Å². The summed E-state index contributed by atoms with van der Waals surface area (Å²) >= 11 is 0. The van der Waals surface area contributed by atoms with Crippen LogP contribution in [0.15, 0.2) is 36.9 Å². The first-order valence-electron chi connectivity index (χ1n) is 4.37. The summed E-state index contributed by atoms with van der Waals surface area (Å²) < 4.78 is 0. The molecule has 0 N–H and O–H groups in total. The van der Waals surface area contributed by atoms with Crippen molar-refractivity contribution in [2.75, 3.05) is 0 Å². The minimum atomic E-state index is 0.0488. The number of rotatable bonds is 3. The Morgan fingerprint density at radius 1 is 1.46 bits per heavy atom. The molecule has 0 fully saturated rings. The first kappa shape index (κ1) is 9.54. The maximum atomic E-state index is 8.64. The Labute approximate surface area is 79.3 Å². The van der Waals surface area contributed by atoms with E-state index in [1.165, 1.54) is 0 Å². The molecule has 1 atom stereocenters. The topological polar surface area (TPSA) is 23.8 Å². The molecule has 1 aromatic rings. The number of nitrogens with zero attached hydrogens (tertiary/aromatic N) is 1. The fraction of sp³-hybridized carbons (Fsp3) is 0.250.